The second-order valence-corrected chi connectivity index (χ2v) is 5.29. The van der Waals surface area contributed by atoms with E-state index < -0.39 is 29.7 Å². The third kappa shape index (κ3) is 1.92. The number of cyclic esters (lactones) is 3. The zero-order valence-corrected chi connectivity index (χ0v) is 11.8. The molecule has 4 rings (SSSR count). The highest BCUT2D eigenvalue weighted by Crippen LogP contribution is 2.39. The van der Waals surface area contributed by atoms with Crippen LogP contribution >= 0.6 is 0 Å². The first-order valence-corrected chi connectivity index (χ1v) is 6.92. The van der Waals surface area contributed by atoms with E-state index in [0.717, 1.165) is 0 Å². The molecule has 3 aliphatic rings. The third-order valence-electron chi connectivity index (χ3n) is 3.95. The second kappa shape index (κ2) is 4.67. The van der Waals surface area contributed by atoms with E-state index in [1.165, 1.54) is 0 Å². The van der Waals surface area contributed by atoms with Crippen molar-refractivity contribution in [2.24, 2.45) is 11.8 Å². The predicted molar refractivity (Wildman–Crippen MR) is 76.8 cm³/mol. The van der Waals surface area contributed by atoms with E-state index in [0.29, 0.717) is 5.56 Å². The Morgan fingerprint density at radius 3 is 2.74 bits per heavy atom. The Morgan fingerprint density at radius 2 is 1.91 bits per heavy atom. The average Bonchev–Trinajstić information content (AvgIpc) is 2.98. The summed E-state index contributed by atoms with van der Waals surface area (Å²) in [5.74, 6) is -2.59. The molecule has 1 saturated heterocycles. The van der Waals surface area contributed by atoms with Gasteiger partial charge in [-0.2, -0.15) is 0 Å². The van der Waals surface area contributed by atoms with Gasteiger partial charge in [-0.3, -0.25) is 9.59 Å². The van der Waals surface area contributed by atoms with Gasteiger partial charge in [0.15, 0.2) is 0 Å². The standard InChI is InChI=1S/C17H10O6/c1-8-9-4-2-6-11(13(9)16(19)21-8)22-12-7-3-5-10-14(12)17(20)23-15(10)18/h2-7,10,14H,1H2. The van der Waals surface area contributed by atoms with Crippen LogP contribution in [0.4, 0.5) is 0 Å². The molecule has 1 aliphatic carbocycles. The quantitative estimate of drug-likeness (QED) is 0.614. The molecule has 0 radical (unpaired) electrons. The van der Waals surface area contributed by atoms with Crippen molar-refractivity contribution in [2.75, 3.05) is 0 Å². The molecule has 2 unspecified atom stereocenters. The molecule has 6 heteroatoms. The smallest absolute Gasteiger partial charge is 0.348 e. The number of ether oxygens (including phenoxy) is 3. The summed E-state index contributed by atoms with van der Waals surface area (Å²) in [6, 6.07) is 4.98. The van der Waals surface area contributed by atoms with Gasteiger partial charge in [-0.25, -0.2) is 4.79 Å². The lowest BCUT2D eigenvalue weighted by Crippen LogP contribution is -2.23. The zero-order chi connectivity index (χ0) is 16.1. The maximum absolute atomic E-state index is 11.9. The number of benzene rings is 1. The number of hydrogen-bond acceptors (Lipinski definition) is 6. The van der Waals surface area contributed by atoms with Gasteiger partial charge in [-0.1, -0.05) is 30.9 Å². The summed E-state index contributed by atoms with van der Waals surface area (Å²) in [5, 5.41) is 0. The van der Waals surface area contributed by atoms with E-state index in [1.54, 1.807) is 36.4 Å². The van der Waals surface area contributed by atoms with Gasteiger partial charge in [0.05, 0.1) is 5.92 Å². The van der Waals surface area contributed by atoms with Crippen LogP contribution in [0, 0.1) is 11.8 Å². The number of carbonyl (C=O) groups is 3. The number of hydrogen-bond donors (Lipinski definition) is 0. The average molecular weight is 310 g/mol. The molecule has 1 fully saturated rings. The molecule has 2 aliphatic heterocycles. The molecule has 1 aromatic carbocycles. The van der Waals surface area contributed by atoms with E-state index in [4.69, 9.17) is 9.47 Å². The van der Waals surface area contributed by atoms with Crippen molar-refractivity contribution < 1.29 is 28.6 Å². The van der Waals surface area contributed by atoms with E-state index in [9.17, 15) is 14.4 Å². The number of allylic oxidation sites excluding steroid dienone is 2. The van der Waals surface area contributed by atoms with Gasteiger partial charge in [0, 0.05) is 5.56 Å². The van der Waals surface area contributed by atoms with Crippen molar-refractivity contribution in [2.45, 2.75) is 0 Å². The van der Waals surface area contributed by atoms with Crippen LogP contribution in [0.25, 0.3) is 5.76 Å². The summed E-state index contributed by atoms with van der Waals surface area (Å²) in [6.45, 7) is 3.67. The minimum absolute atomic E-state index is 0.249. The van der Waals surface area contributed by atoms with Crippen LogP contribution in [0.2, 0.25) is 0 Å². The molecule has 0 aromatic heterocycles. The van der Waals surface area contributed by atoms with Gasteiger partial charge in [-0.15, -0.1) is 0 Å². The molecular formula is C17H10O6. The maximum Gasteiger partial charge on any atom is 0.348 e. The minimum atomic E-state index is -0.830. The molecule has 0 bridgehead atoms. The van der Waals surface area contributed by atoms with Gasteiger partial charge in [0.2, 0.25) is 0 Å². The van der Waals surface area contributed by atoms with Crippen LogP contribution in [0.5, 0.6) is 5.75 Å². The van der Waals surface area contributed by atoms with Crippen LogP contribution in [0.3, 0.4) is 0 Å². The normalized spacial score (nSPS) is 24.8. The topological polar surface area (TPSA) is 78.9 Å². The summed E-state index contributed by atoms with van der Waals surface area (Å²) >= 11 is 0. The van der Waals surface area contributed by atoms with Gasteiger partial charge >= 0.3 is 17.9 Å². The monoisotopic (exact) mass is 310 g/mol. The molecular weight excluding hydrogens is 300 g/mol. The lowest BCUT2D eigenvalue weighted by molar-refractivity contribution is -0.153. The Morgan fingerprint density at radius 1 is 1.09 bits per heavy atom. The fourth-order valence-corrected chi connectivity index (χ4v) is 2.87. The molecule has 1 aromatic rings. The van der Waals surface area contributed by atoms with Crippen molar-refractivity contribution in [3.05, 3.63) is 59.9 Å². The fourth-order valence-electron chi connectivity index (χ4n) is 2.87. The van der Waals surface area contributed by atoms with Crippen LogP contribution in [0.15, 0.2) is 48.8 Å². The second-order valence-electron chi connectivity index (χ2n) is 5.29. The first kappa shape index (κ1) is 13.5. The fraction of sp³-hybridized carbons (Fsp3) is 0.118. The predicted octanol–water partition coefficient (Wildman–Crippen LogP) is 1.98. The Balaban J connectivity index is 1.73. The maximum atomic E-state index is 11.9. The molecule has 6 nitrogen and oxygen atoms in total. The Bertz CT molecular complexity index is 845. The summed E-state index contributed by atoms with van der Waals surface area (Å²) in [4.78, 5) is 35.4. The highest BCUT2D eigenvalue weighted by atomic mass is 16.6. The first-order chi connectivity index (χ1) is 11.1. The summed E-state index contributed by atoms with van der Waals surface area (Å²) in [7, 11) is 0. The van der Waals surface area contributed by atoms with Crippen LogP contribution in [-0.4, -0.2) is 17.9 Å². The lowest BCUT2D eigenvalue weighted by atomic mass is 9.89. The summed E-state index contributed by atoms with van der Waals surface area (Å²) < 4.78 is 15.4. The van der Waals surface area contributed by atoms with E-state index >= 15 is 0 Å². The van der Waals surface area contributed by atoms with Gasteiger partial charge < -0.3 is 14.2 Å². The summed E-state index contributed by atoms with van der Waals surface area (Å²) in [6.07, 6.45) is 4.79. The van der Waals surface area contributed by atoms with Crippen LogP contribution < -0.4 is 4.74 Å². The first-order valence-electron chi connectivity index (χ1n) is 6.92. The molecule has 0 N–H and O–H groups in total. The van der Waals surface area contributed by atoms with Crippen molar-refractivity contribution in [3.8, 4) is 5.75 Å². The van der Waals surface area contributed by atoms with Crippen molar-refractivity contribution in [1.82, 2.24) is 0 Å². The number of fused-ring (bicyclic) bond motifs is 2. The minimum Gasteiger partial charge on any atom is -0.460 e. The lowest BCUT2D eigenvalue weighted by Gasteiger charge is -2.19. The van der Waals surface area contributed by atoms with Crippen molar-refractivity contribution >= 4 is 23.7 Å². The molecule has 2 heterocycles. The molecule has 0 amide bonds. The van der Waals surface area contributed by atoms with Crippen LogP contribution in [0.1, 0.15) is 15.9 Å². The Labute approximate surface area is 130 Å². The van der Waals surface area contributed by atoms with E-state index in [-0.39, 0.29) is 22.8 Å². The van der Waals surface area contributed by atoms with Crippen LogP contribution in [-0.2, 0) is 19.1 Å². The molecule has 114 valence electrons. The van der Waals surface area contributed by atoms with Gasteiger partial charge in [-0.05, 0) is 12.1 Å². The zero-order valence-electron chi connectivity index (χ0n) is 11.8. The molecule has 0 saturated carbocycles. The largest absolute Gasteiger partial charge is 0.460 e. The molecule has 0 spiro atoms. The number of rotatable bonds is 2. The van der Waals surface area contributed by atoms with Gasteiger partial charge in [0.25, 0.3) is 0 Å². The SMILES string of the molecule is C=C1OC(=O)c2c(OC3=CC=CC4C(=O)OC(=O)C34)cccc21. The van der Waals surface area contributed by atoms with Gasteiger partial charge in [0.1, 0.15) is 28.7 Å². The molecule has 23 heavy (non-hydrogen) atoms. The highest BCUT2D eigenvalue weighted by Gasteiger charge is 2.47. The third-order valence-corrected chi connectivity index (χ3v) is 3.95. The van der Waals surface area contributed by atoms with E-state index in [1.807, 2.05) is 0 Å². The number of carbonyl (C=O) groups excluding carboxylic acids is 3. The highest BCUT2D eigenvalue weighted by molar-refractivity contribution is 6.05. The Kier molecular flexibility index (Phi) is 2.74. The van der Waals surface area contributed by atoms with Crippen molar-refractivity contribution in [1.29, 1.82) is 0 Å². The van der Waals surface area contributed by atoms with E-state index in [2.05, 4.69) is 11.3 Å². The molecule has 2 atom stereocenters. The van der Waals surface area contributed by atoms with Crippen molar-refractivity contribution in [3.63, 3.8) is 0 Å². The summed E-state index contributed by atoms with van der Waals surface area (Å²) in [5.41, 5.74) is 0.795. The Hall–Kier alpha value is -3.15. The number of esters is 3.